The Morgan fingerprint density at radius 3 is 2.40 bits per heavy atom. The zero-order valence-electron chi connectivity index (χ0n) is 7.69. The molecule has 2 heteroatoms. The molecular weight excluding hydrogens is 117 g/mol. The second-order valence-corrected chi connectivity index (χ2v) is 3.01. The molecular formula is C8H18LiN. The third kappa shape index (κ3) is 6.67. The number of rotatable bonds is 6. The van der Waals surface area contributed by atoms with Gasteiger partial charge in [-0.05, 0) is 0 Å². The summed E-state index contributed by atoms with van der Waals surface area (Å²) in [6, 6.07) is 0. The maximum absolute atomic E-state index is 2.41. The van der Waals surface area contributed by atoms with E-state index in [1.807, 2.05) is 0 Å². The van der Waals surface area contributed by atoms with Gasteiger partial charge in [-0.3, -0.25) is 0 Å². The quantitative estimate of drug-likeness (QED) is 0.396. The molecule has 0 saturated heterocycles. The molecule has 56 valence electrons. The van der Waals surface area contributed by atoms with Crippen molar-refractivity contribution in [2.75, 3.05) is 20.1 Å². The van der Waals surface area contributed by atoms with Crippen molar-refractivity contribution in [1.82, 2.24) is 4.90 Å². The number of nitrogens with zero attached hydrogens (tertiary/aromatic N) is 1. The van der Waals surface area contributed by atoms with E-state index in [1.54, 1.807) is 0 Å². The average molecular weight is 135 g/mol. The third-order valence-electron chi connectivity index (χ3n) is 1.75. The van der Waals surface area contributed by atoms with Crippen molar-refractivity contribution in [1.29, 1.82) is 0 Å². The number of hydrogen-bond donors (Lipinski definition) is 0. The van der Waals surface area contributed by atoms with Crippen LogP contribution in [-0.2, 0) is 0 Å². The van der Waals surface area contributed by atoms with Crippen LogP contribution < -0.4 is 0 Å². The van der Waals surface area contributed by atoms with E-state index in [9.17, 15) is 0 Å². The predicted molar refractivity (Wildman–Crippen MR) is 47.6 cm³/mol. The minimum atomic E-state index is 1.25. The van der Waals surface area contributed by atoms with Crippen molar-refractivity contribution < 1.29 is 0 Å². The molecule has 0 radical (unpaired) electrons. The molecule has 0 unspecified atom stereocenters. The Morgan fingerprint density at radius 1 is 1.20 bits per heavy atom. The molecule has 0 aromatic rings. The fraction of sp³-hybridized carbons (Fsp3) is 1.00. The van der Waals surface area contributed by atoms with Crippen LogP contribution in [-0.4, -0.2) is 42.8 Å². The summed E-state index contributed by atoms with van der Waals surface area (Å²) >= 11 is 2.25. The van der Waals surface area contributed by atoms with E-state index in [-0.39, 0.29) is 0 Å². The van der Waals surface area contributed by atoms with Crippen molar-refractivity contribution >= 4 is 17.7 Å². The Morgan fingerprint density at radius 2 is 1.90 bits per heavy atom. The third-order valence-corrected chi connectivity index (χ3v) is 1.75. The summed E-state index contributed by atoms with van der Waals surface area (Å²) in [5, 5.41) is 1.33. The Kier molecular flexibility index (Phi) is 8.09. The molecule has 0 amide bonds. The van der Waals surface area contributed by atoms with Gasteiger partial charge in [-0.15, -0.1) is 0 Å². The summed E-state index contributed by atoms with van der Waals surface area (Å²) in [6.07, 6.45) is 4.03. The monoisotopic (exact) mass is 135 g/mol. The Balaban J connectivity index is 2.97. The maximum atomic E-state index is 2.41. The van der Waals surface area contributed by atoms with E-state index in [0.29, 0.717) is 0 Å². The Labute approximate surface area is 74.4 Å². The van der Waals surface area contributed by atoms with Crippen molar-refractivity contribution in [3.63, 3.8) is 0 Å². The van der Waals surface area contributed by atoms with E-state index in [1.165, 1.54) is 37.4 Å². The van der Waals surface area contributed by atoms with Gasteiger partial charge in [-0.25, -0.2) is 0 Å². The molecule has 0 aliphatic carbocycles. The molecule has 0 aromatic heterocycles. The average Bonchev–Trinajstić information content (AvgIpc) is 1.89. The SMILES string of the molecule is [Li][CH2]CCCN(C)CCC. The second kappa shape index (κ2) is 7.66. The van der Waals surface area contributed by atoms with Crippen LogP contribution in [0.2, 0.25) is 5.09 Å². The normalized spacial score (nSPS) is 10.9. The molecule has 0 heterocycles. The van der Waals surface area contributed by atoms with Gasteiger partial charge in [0, 0.05) is 0 Å². The Bertz CT molecular complexity index is 66.3. The molecule has 0 fully saturated rings. The molecule has 1 nitrogen and oxygen atoms in total. The van der Waals surface area contributed by atoms with Crippen LogP contribution in [0.5, 0.6) is 0 Å². The van der Waals surface area contributed by atoms with Gasteiger partial charge in [0.15, 0.2) is 0 Å². The van der Waals surface area contributed by atoms with E-state index < -0.39 is 0 Å². The summed E-state index contributed by atoms with van der Waals surface area (Å²) in [6.45, 7) is 4.77. The zero-order chi connectivity index (χ0) is 7.82. The molecule has 0 rings (SSSR count). The van der Waals surface area contributed by atoms with Gasteiger partial charge in [0.1, 0.15) is 0 Å². The van der Waals surface area contributed by atoms with Crippen LogP contribution in [0.4, 0.5) is 0 Å². The second-order valence-electron chi connectivity index (χ2n) is 3.01. The van der Waals surface area contributed by atoms with Gasteiger partial charge in [0.05, 0.1) is 0 Å². The minimum absolute atomic E-state index is 1.25. The van der Waals surface area contributed by atoms with Crippen LogP contribution in [0.15, 0.2) is 0 Å². The van der Waals surface area contributed by atoms with Crippen LogP contribution in [0.1, 0.15) is 26.2 Å². The topological polar surface area (TPSA) is 3.24 Å². The van der Waals surface area contributed by atoms with Crippen molar-refractivity contribution in [2.45, 2.75) is 31.3 Å². The summed E-state index contributed by atoms with van der Waals surface area (Å²) in [4.78, 5) is 2.41. The molecule has 0 aromatic carbocycles. The van der Waals surface area contributed by atoms with Gasteiger partial charge in [-0.2, -0.15) is 0 Å². The summed E-state index contributed by atoms with van der Waals surface area (Å²) in [5.41, 5.74) is 0. The molecule has 0 N–H and O–H groups in total. The fourth-order valence-electron chi connectivity index (χ4n) is 1.13. The Hall–Kier alpha value is 0.557. The fourth-order valence-corrected chi connectivity index (χ4v) is 1.13. The van der Waals surface area contributed by atoms with Gasteiger partial charge >= 0.3 is 74.0 Å². The van der Waals surface area contributed by atoms with Gasteiger partial charge in [0.2, 0.25) is 0 Å². The summed E-state index contributed by atoms with van der Waals surface area (Å²) in [7, 11) is 2.21. The van der Waals surface area contributed by atoms with E-state index in [2.05, 4.69) is 36.6 Å². The van der Waals surface area contributed by atoms with Crippen molar-refractivity contribution in [2.24, 2.45) is 0 Å². The zero-order valence-corrected chi connectivity index (χ0v) is 7.69. The van der Waals surface area contributed by atoms with Crippen LogP contribution in [0.3, 0.4) is 0 Å². The molecule has 0 aliphatic rings. The molecule has 10 heavy (non-hydrogen) atoms. The molecule has 0 saturated carbocycles. The predicted octanol–water partition coefficient (Wildman–Crippen LogP) is 1.70. The first-order chi connectivity index (χ1) is 4.81. The number of hydrogen-bond acceptors (Lipinski definition) is 1. The van der Waals surface area contributed by atoms with Gasteiger partial charge < -0.3 is 0 Å². The van der Waals surface area contributed by atoms with E-state index in [4.69, 9.17) is 0 Å². The summed E-state index contributed by atoms with van der Waals surface area (Å²) < 4.78 is 0. The molecule has 0 spiro atoms. The van der Waals surface area contributed by atoms with Gasteiger partial charge in [-0.1, -0.05) is 0 Å². The van der Waals surface area contributed by atoms with E-state index >= 15 is 0 Å². The van der Waals surface area contributed by atoms with Crippen LogP contribution in [0.25, 0.3) is 0 Å². The number of unbranched alkanes of at least 4 members (excludes halogenated alkanes) is 1. The molecule has 0 atom stereocenters. The van der Waals surface area contributed by atoms with Crippen LogP contribution >= 0.6 is 0 Å². The van der Waals surface area contributed by atoms with E-state index in [0.717, 1.165) is 0 Å². The van der Waals surface area contributed by atoms with Gasteiger partial charge in [0.25, 0.3) is 0 Å². The standard InChI is InChI=1S/C8H18N.Li/c1-4-6-8-9(3)7-5-2;/h1,4-8H2,2-3H3;. The van der Waals surface area contributed by atoms with Crippen molar-refractivity contribution in [3.05, 3.63) is 0 Å². The van der Waals surface area contributed by atoms with Crippen LogP contribution in [0, 0.1) is 0 Å². The first-order valence-electron chi connectivity index (χ1n) is 4.49. The first-order valence-corrected chi connectivity index (χ1v) is 4.49. The van der Waals surface area contributed by atoms with Crippen molar-refractivity contribution in [3.8, 4) is 0 Å². The summed E-state index contributed by atoms with van der Waals surface area (Å²) in [5.74, 6) is 0. The molecule has 0 aliphatic heterocycles. The molecule has 0 bridgehead atoms. The first kappa shape index (κ1) is 10.6.